The molecular weight excluding hydrogens is 192 g/mol. The third kappa shape index (κ3) is 3.01. The fraction of sp³-hybridized carbons (Fsp3) is 0.250. The van der Waals surface area contributed by atoms with Crippen molar-refractivity contribution in [1.82, 2.24) is 5.32 Å². The van der Waals surface area contributed by atoms with Gasteiger partial charge in [0.1, 0.15) is 0 Å². The second kappa shape index (κ2) is 5.50. The minimum atomic E-state index is -0.368. The maximum absolute atomic E-state index is 10.5. The lowest BCUT2D eigenvalue weighted by Gasteiger charge is -1.99. The summed E-state index contributed by atoms with van der Waals surface area (Å²) in [4.78, 5) is 10.1. The van der Waals surface area contributed by atoms with Crippen molar-refractivity contribution >= 4 is 5.69 Å². The molecule has 1 aromatic rings. The molecule has 1 rings (SSSR count). The summed E-state index contributed by atoms with van der Waals surface area (Å²) in [7, 11) is 1.76. The minimum Gasteiger partial charge on any atom is -1.00 e. The van der Waals surface area contributed by atoms with E-state index >= 15 is 0 Å². The van der Waals surface area contributed by atoms with Crippen LogP contribution in [0.25, 0.3) is 0 Å². The normalized spacial score (nSPS) is 9.00. The number of halogens is 1. The lowest BCUT2D eigenvalue weighted by molar-refractivity contribution is -0.385. The second-order valence-corrected chi connectivity index (χ2v) is 2.42. The highest BCUT2D eigenvalue weighted by atomic mass is 35.5. The van der Waals surface area contributed by atoms with Gasteiger partial charge in [-0.2, -0.15) is 0 Å². The van der Waals surface area contributed by atoms with Gasteiger partial charge in [0.25, 0.3) is 5.69 Å². The Labute approximate surface area is 82.5 Å². The fourth-order valence-corrected chi connectivity index (χ4v) is 1.03. The Balaban J connectivity index is 0.00000144. The monoisotopic (exact) mass is 201 g/mol. The van der Waals surface area contributed by atoms with E-state index in [1.54, 1.807) is 25.2 Å². The highest BCUT2D eigenvalue weighted by molar-refractivity contribution is 5.39. The Morgan fingerprint density at radius 1 is 1.46 bits per heavy atom. The minimum absolute atomic E-state index is 0. The number of nitrogens with one attached hydrogen (secondary N) is 1. The lowest BCUT2D eigenvalue weighted by Crippen LogP contribution is -3.00. The van der Waals surface area contributed by atoms with Crippen LogP contribution in [0.5, 0.6) is 0 Å². The van der Waals surface area contributed by atoms with Crippen molar-refractivity contribution < 1.29 is 17.3 Å². The van der Waals surface area contributed by atoms with E-state index in [0.717, 1.165) is 0 Å². The number of benzene rings is 1. The van der Waals surface area contributed by atoms with E-state index < -0.39 is 0 Å². The van der Waals surface area contributed by atoms with E-state index in [4.69, 9.17) is 0 Å². The molecule has 1 aromatic carbocycles. The van der Waals surface area contributed by atoms with Gasteiger partial charge in [0.05, 0.1) is 4.92 Å². The van der Waals surface area contributed by atoms with Gasteiger partial charge in [0.2, 0.25) is 0 Å². The molecule has 72 valence electrons. The maximum Gasteiger partial charge on any atom is 0.273 e. The average Bonchev–Trinajstić information content (AvgIpc) is 2.05. The van der Waals surface area contributed by atoms with Crippen molar-refractivity contribution in [2.45, 2.75) is 6.54 Å². The van der Waals surface area contributed by atoms with Gasteiger partial charge in [0.15, 0.2) is 0 Å². The molecule has 0 saturated carbocycles. The molecule has 0 aliphatic rings. The van der Waals surface area contributed by atoms with Crippen molar-refractivity contribution in [1.29, 1.82) is 0 Å². The molecule has 0 aromatic heterocycles. The highest BCUT2D eigenvalue weighted by Crippen LogP contribution is 2.16. The van der Waals surface area contributed by atoms with Gasteiger partial charge in [0, 0.05) is 18.2 Å². The van der Waals surface area contributed by atoms with Crippen LogP contribution in [-0.2, 0) is 6.54 Å². The quantitative estimate of drug-likeness (QED) is 0.470. The SMILES string of the molecule is CNCc1ccccc1[N+](=O)[O-].[Cl-]. The molecule has 0 fully saturated rings. The first-order valence-corrected chi connectivity index (χ1v) is 3.62. The van der Waals surface area contributed by atoms with Crippen LogP contribution in [0.2, 0.25) is 0 Å². The molecule has 0 spiro atoms. The zero-order valence-corrected chi connectivity index (χ0v) is 7.91. The summed E-state index contributed by atoms with van der Waals surface area (Å²) in [6, 6.07) is 6.71. The van der Waals surface area contributed by atoms with E-state index in [-0.39, 0.29) is 23.0 Å². The first-order chi connectivity index (χ1) is 5.75. The molecule has 0 aliphatic heterocycles. The summed E-state index contributed by atoms with van der Waals surface area (Å²) in [5, 5.41) is 13.3. The van der Waals surface area contributed by atoms with E-state index in [9.17, 15) is 10.1 Å². The molecule has 4 nitrogen and oxygen atoms in total. The van der Waals surface area contributed by atoms with Crippen LogP contribution >= 0.6 is 0 Å². The van der Waals surface area contributed by atoms with Crippen LogP contribution in [0.1, 0.15) is 5.56 Å². The molecule has 1 N–H and O–H groups in total. The molecule has 0 radical (unpaired) electrons. The number of para-hydroxylation sites is 1. The van der Waals surface area contributed by atoms with Gasteiger partial charge in [-0.1, -0.05) is 18.2 Å². The predicted octanol–water partition coefficient (Wildman–Crippen LogP) is -1.68. The largest absolute Gasteiger partial charge is 1.00 e. The number of rotatable bonds is 3. The molecule has 0 unspecified atom stereocenters. The maximum atomic E-state index is 10.5. The molecule has 0 heterocycles. The van der Waals surface area contributed by atoms with E-state index in [0.29, 0.717) is 12.1 Å². The summed E-state index contributed by atoms with van der Waals surface area (Å²) < 4.78 is 0. The van der Waals surface area contributed by atoms with Crippen molar-refractivity contribution in [3.05, 3.63) is 39.9 Å². The number of hydrogen-bond acceptors (Lipinski definition) is 3. The van der Waals surface area contributed by atoms with E-state index in [2.05, 4.69) is 5.32 Å². The van der Waals surface area contributed by atoms with Crippen LogP contribution in [-0.4, -0.2) is 12.0 Å². The van der Waals surface area contributed by atoms with Crippen LogP contribution in [0.15, 0.2) is 24.3 Å². The summed E-state index contributed by atoms with van der Waals surface area (Å²) in [5.74, 6) is 0. The van der Waals surface area contributed by atoms with Crippen molar-refractivity contribution in [2.24, 2.45) is 0 Å². The molecule has 13 heavy (non-hydrogen) atoms. The standard InChI is InChI=1S/C8H10N2O2.ClH/c1-9-6-7-4-2-3-5-8(7)10(11)12;/h2-5,9H,6H2,1H3;1H/p-1. The molecule has 5 heteroatoms. The average molecular weight is 202 g/mol. The Morgan fingerprint density at radius 2 is 2.08 bits per heavy atom. The molecule has 0 bridgehead atoms. The summed E-state index contributed by atoms with van der Waals surface area (Å²) in [6.45, 7) is 0.525. The van der Waals surface area contributed by atoms with Crippen molar-refractivity contribution in [3.63, 3.8) is 0 Å². The van der Waals surface area contributed by atoms with Crippen molar-refractivity contribution in [3.8, 4) is 0 Å². The van der Waals surface area contributed by atoms with Crippen LogP contribution < -0.4 is 17.7 Å². The van der Waals surface area contributed by atoms with Gasteiger partial charge in [-0.3, -0.25) is 10.1 Å². The number of nitro benzene ring substituents is 1. The van der Waals surface area contributed by atoms with Crippen molar-refractivity contribution in [2.75, 3.05) is 7.05 Å². The Kier molecular flexibility index (Phi) is 5.03. The third-order valence-electron chi connectivity index (χ3n) is 1.56. The van der Waals surface area contributed by atoms with Gasteiger partial charge in [-0.25, -0.2) is 0 Å². The Hall–Kier alpha value is -1.13. The predicted molar refractivity (Wildman–Crippen MR) is 45.9 cm³/mol. The van der Waals surface area contributed by atoms with E-state index in [1.165, 1.54) is 6.07 Å². The zero-order valence-electron chi connectivity index (χ0n) is 7.16. The van der Waals surface area contributed by atoms with Gasteiger partial charge < -0.3 is 17.7 Å². The second-order valence-electron chi connectivity index (χ2n) is 2.42. The molecule has 0 saturated heterocycles. The smallest absolute Gasteiger partial charge is 0.273 e. The van der Waals surface area contributed by atoms with Crippen LogP contribution in [0.3, 0.4) is 0 Å². The fourth-order valence-electron chi connectivity index (χ4n) is 1.03. The Morgan fingerprint density at radius 3 is 2.62 bits per heavy atom. The Bertz CT molecular complexity index is 291. The topological polar surface area (TPSA) is 55.2 Å². The van der Waals surface area contributed by atoms with Gasteiger partial charge >= 0.3 is 0 Å². The molecule has 0 atom stereocenters. The molecular formula is C8H10ClN2O2-. The molecule has 0 amide bonds. The van der Waals surface area contributed by atoms with Gasteiger partial charge in [-0.05, 0) is 7.05 Å². The van der Waals surface area contributed by atoms with Crippen LogP contribution in [0, 0.1) is 10.1 Å². The van der Waals surface area contributed by atoms with Gasteiger partial charge in [-0.15, -0.1) is 0 Å². The van der Waals surface area contributed by atoms with Crippen LogP contribution in [0.4, 0.5) is 5.69 Å². The first-order valence-electron chi connectivity index (χ1n) is 3.62. The number of hydrogen-bond donors (Lipinski definition) is 1. The number of nitro groups is 1. The summed E-state index contributed by atoms with van der Waals surface area (Å²) in [5.41, 5.74) is 0.886. The number of nitrogens with zero attached hydrogens (tertiary/aromatic N) is 1. The zero-order chi connectivity index (χ0) is 8.97. The summed E-state index contributed by atoms with van der Waals surface area (Å²) >= 11 is 0. The van der Waals surface area contributed by atoms with E-state index in [1.807, 2.05) is 0 Å². The first kappa shape index (κ1) is 11.9. The lowest BCUT2D eigenvalue weighted by atomic mass is 10.2. The highest BCUT2D eigenvalue weighted by Gasteiger charge is 2.10. The molecule has 0 aliphatic carbocycles. The summed E-state index contributed by atoms with van der Waals surface area (Å²) in [6.07, 6.45) is 0. The third-order valence-corrected chi connectivity index (χ3v) is 1.56.